The van der Waals surface area contributed by atoms with Crippen molar-refractivity contribution in [3.05, 3.63) is 58.1 Å². The van der Waals surface area contributed by atoms with E-state index in [-0.39, 0.29) is 5.75 Å². The van der Waals surface area contributed by atoms with E-state index < -0.39 is 24.4 Å². The number of aliphatic carboxylic acids is 1. The van der Waals surface area contributed by atoms with E-state index >= 15 is 0 Å². The molecular weight excluding hydrogens is 386 g/mol. The molecule has 0 atom stereocenters. The number of nitrogens with zero attached hydrogens (tertiary/aromatic N) is 1. The number of hydrogen-bond donors (Lipinski definition) is 3. The second-order valence-electron chi connectivity index (χ2n) is 5.78. The van der Waals surface area contributed by atoms with Crippen molar-refractivity contribution in [2.45, 2.75) is 13.8 Å². The van der Waals surface area contributed by atoms with Crippen molar-refractivity contribution in [1.29, 1.82) is 0 Å². The number of carbonyl (C=O) groups excluding carboxylic acids is 2. The molecule has 2 rings (SSSR count). The van der Waals surface area contributed by atoms with Gasteiger partial charge in [-0.2, -0.15) is 5.10 Å². The SMILES string of the molecule is Cc1cccc(C)c1NC(=O)C(=O)N/N=C\c1cc(Cl)ccc1OCC(=O)O. The summed E-state index contributed by atoms with van der Waals surface area (Å²) in [7, 11) is 0. The van der Waals surface area contributed by atoms with Gasteiger partial charge in [-0.25, -0.2) is 10.2 Å². The van der Waals surface area contributed by atoms with Crippen LogP contribution in [-0.4, -0.2) is 35.7 Å². The molecule has 146 valence electrons. The standard InChI is InChI=1S/C19H18ClN3O5/c1-11-4-3-5-12(2)17(11)22-18(26)19(27)23-21-9-13-8-14(20)6-7-15(13)28-10-16(24)25/h3-9H,10H2,1-2H3,(H,22,26)(H,23,27)(H,24,25)/b21-9-. The minimum Gasteiger partial charge on any atom is -0.481 e. The summed E-state index contributed by atoms with van der Waals surface area (Å²) < 4.78 is 5.12. The molecule has 0 fully saturated rings. The third kappa shape index (κ3) is 5.82. The summed E-state index contributed by atoms with van der Waals surface area (Å²) in [6.07, 6.45) is 1.20. The second kappa shape index (κ2) is 9.52. The lowest BCUT2D eigenvalue weighted by atomic mass is 10.1. The summed E-state index contributed by atoms with van der Waals surface area (Å²) >= 11 is 5.91. The van der Waals surface area contributed by atoms with Gasteiger partial charge in [0, 0.05) is 16.3 Å². The van der Waals surface area contributed by atoms with Crippen LogP contribution in [0.4, 0.5) is 5.69 Å². The molecule has 2 aromatic rings. The number of amides is 2. The normalized spacial score (nSPS) is 10.5. The Labute approximate surface area is 166 Å². The lowest BCUT2D eigenvalue weighted by Crippen LogP contribution is -2.32. The molecule has 9 heteroatoms. The van der Waals surface area contributed by atoms with Crippen molar-refractivity contribution in [3.8, 4) is 5.75 Å². The number of carboxylic acid groups (broad SMARTS) is 1. The van der Waals surface area contributed by atoms with Gasteiger partial charge in [0.1, 0.15) is 5.75 Å². The van der Waals surface area contributed by atoms with E-state index in [9.17, 15) is 14.4 Å². The zero-order chi connectivity index (χ0) is 20.7. The number of ether oxygens (including phenoxy) is 1. The Morgan fingerprint density at radius 1 is 1.14 bits per heavy atom. The number of hydrogen-bond acceptors (Lipinski definition) is 5. The first kappa shape index (κ1) is 20.9. The minimum atomic E-state index is -1.14. The zero-order valence-electron chi connectivity index (χ0n) is 15.2. The number of rotatable bonds is 6. The Hall–Kier alpha value is -3.39. The summed E-state index contributed by atoms with van der Waals surface area (Å²) in [5.74, 6) is -2.77. The molecule has 0 aromatic heterocycles. The van der Waals surface area contributed by atoms with E-state index in [2.05, 4.69) is 15.8 Å². The number of aryl methyl sites for hydroxylation is 2. The highest BCUT2D eigenvalue weighted by Crippen LogP contribution is 2.21. The highest BCUT2D eigenvalue weighted by Gasteiger charge is 2.15. The molecule has 0 radical (unpaired) electrons. The van der Waals surface area contributed by atoms with Gasteiger partial charge in [-0.1, -0.05) is 29.8 Å². The van der Waals surface area contributed by atoms with E-state index in [0.717, 1.165) is 11.1 Å². The van der Waals surface area contributed by atoms with Gasteiger partial charge in [0.05, 0.1) is 6.21 Å². The average Bonchev–Trinajstić information content (AvgIpc) is 2.63. The molecular formula is C19H18ClN3O5. The van der Waals surface area contributed by atoms with Crippen LogP contribution >= 0.6 is 11.6 Å². The van der Waals surface area contributed by atoms with Gasteiger partial charge in [-0.05, 0) is 43.2 Å². The number of carboxylic acids is 1. The smallest absolute Gasteiger partial charge is 0.341 e. The Bertz CT molecular complexity index is 923. The molecule has 8 nitrogen and oxygen atoms in total. The number of hydrazone groups is 1. The summed E-state index contributed by atoms with van der Waals surface area (Å²) in [5, 5.41) is 15.3. The fourth-order valence-electron chi connectivity index (χ4n) is 2.28. The van der Waals surface area contributed by atoms with Crippen LogP contribution in [0.2, 0.25) is 5.02 Å². The van der Waals surface area contributed by atoms with Crippen molar-refractivity contribution in [2.24, 2.45) is 5.10 Å². The van der Waals surface area contributed by atoms with Crippen LogP contribution < -0.4 is 15.5 Å². The molecule has 0 aliphatic heterocycles. The molecule has 0 bridgehead atoms. The molecule has 2 aromatic carbocycles. The van der Waals surface area contributed by atoms with Gasteiger partial charge in [0.15, 0.2) is 6.61 Å². The lowest BCUT2D eigenvalue weighted by molar-refractivity contribution is -0.139. The number of anilines is 1. The van der Waals surface area contributed by atoms with Crippen LogP contribution in [0.15, 0.2) is 41.5 Å². The van der Waals surface area contributed by atoms with Gasteiger partial charge in [-0.15, -0.1) is 0 Å². The molecule has 3 N–H and O–H groups in total. The topological polar surface area (TPSA) is 117 Å². The maximum Gasteiger partial charge on any atom is 0.341 e. The van der Waals surface area contributed by atoms with E-state index in [4.69, 9.17) is 21.4 Å². The van der Waals surface area contributed by atoms with E-state index in [1.165, 1.54) is 24.4 Å². The highest BCUT2D eigenvalue weighted by atomic mass is 35.5. The first-order valence-electron chi connectivity index (χ1n) is 8.12. The van der Waals surface area contributed by atoms with Crippen molar-refractivity contribution in [2.75, 3.05) is 11.9 Å². The number of para-hydroxylation sites is 1. The zero-order valence-corrected chi connectivity index (χ0v) is 15.9. The molecule has 0 unspecified atom stereocenters. The van der Waals surface area contributed by atoms with Crippen molar-refractivity contribution in [1.82, 2.24) is 5.43 Å². The Morgan fingerprint density at radius 2 is 1.82 bits per heavy atom. The van der Waals surface area contributed by atoms with Crippen LogP contribution in [0.3, 0.4) is 0 Å². The first-order valence-corrected chi connectivity index (χ1v) is 8.50. The van der Waals surface area contributed by atoms with Gasteiger partial charge >= 0.3 is 17.8 Å². The summed E-state index contributed by atoms with van der Waals surface area (Å²) in [5.41, 5.74) is 4.65. The van der Waals surface area contributed by atoms with Crippen LogP contribution in [0.5, 0.6) is 5.75 Å². The largest absolute Gasteiger partial charge is 0.481 e. The molecule has 0 saturated carbocycles. The summed E-state index contributed by atoms with van der Waals surface area (Å²) in [6, 6.07) is 9.95. The van der Waals surface area contributed by atoms with E-state index in [1.54, 1.807) is 0 Å². The average molecular weight is 404 g/mol. The van der Waals surface area contributed by atoms with Crippen molar-refractivity contribution in [3.63, 3.8) is 0 Å². The van der Waals surface area contributed by atoms with Crippen LogP contribution in [0, 0.1) is 13.8 Å². The monoisotopic (exact) mass is 403 g/mol. The first-order chi connectivity index (χ1) is 13.3. The fourth-order valence-corrected chi connectivity index (χ4v) is 2.46. The quantitative estimate of drug-likeness (QED) is 0.389. The fraction of sp³-hybridized carbons (Fsp3) is 0.158. The van der Waals surface area contributed by atoms with Crippen molar-refractivity contribution < 1.29 is 24.2 Å². The third-order valence-corrected chi connectivity index (χ3v) is 3.85. The van der Waals surface area contributed by atoms with Crippen LogP contribution in [0.25, 0.3) is 0 Å². The molecule has 0 heterocycles. The van der Waals surface area contributed by atoms with Gasteiger partial charge in [-0.3, -0.25) is 9.59 Å². The highest BCUT2D eigenvalue weighted by molar-refractivity contribution is 6.39. The number of carbonyl (C=O) groups is 3. The predicted molar refractivity (Wildman–Crippen MR) is 105 cm³/mol. The molecule has 28 heavy (non-hydrogen) atoms. The molecule has 2 amide bonds. The number of halogens is 1. The molecule has 0 saturated heterocycles. The Balaban J connectivity index is 2.04. The summed E-state index contributed by atoms with van der Waals surface area (Å²) in [6.45, 7) is 3.08. The second-order valence-corrected chi connectivity index (χ2v) is 6.22. The van der Waals surface area contributed by atoms with Crippen LogP contribution in [-0.2, 0) is 14.4 Å². The van der Waals surface area contributed by atoms with E-state index in [1.807, 2.05) is 32.0 Å². The van der Waals surface area contributed by atoms with Gasteiger partial charge < -0.3 is 15.2 Å². The minimum absolute atomic E-state index is 0.213. The maximum absolute atomic E-state index is 12.0. The summed E-state index contributed by atoms with van der Waals surface area (Å²) in [4.78, 5) is 34.6. The Morgan fingerprint density at radius 3 is 2.46 bits per heavy atom. The van der Waals surface area contributed by atoms with Crippen LogP contribution in [0.1, 0.15) is 16.7 Å². The molecule has 0 aliphatic rings. The third-order valence-electron chi connectivity index (χ3n) is 3.62. The molecule has 0 aliphatic carbocycles. The Kier molecular flexibility index (Phi) is 7.11. The number of benzene rings is 2. The van der Waals surface area contributed by atoms with Gasteiger partial charge in [0.25, 0.3) is 0 Å². The molecule has 0 spiro atoms. The lowest BCUT2D eigenvalue weighted by Gasteiger charge is -2.10. The predicted octanol–water partition coefficient (Wildman–Crippen LogP) is 2.51. The maximum atomic E-state index is 12.0. The van der Waals surface area contributed by atoms with Gasteiger partial charge in [0.2, 0.25) is 0 Å². The number of nitrogens with one attached hydrogen (secondary N) is 2. The van der Waals surface area contributed by atoms with Crippen molar-refractivity contribution >= 4 is 41.3 Å². The van der Waals surface area contributed by atoms with E-state index in [0.29, 0.717) is 16.3 Å².